The normalized spacial score (nSPS) is 16.6. The zero-order chi connectivity index (χ0) is 18.9. The van der Waals surface area contributed by atoms with Crippen LogP contribution in [0.5, 0.6) is 5.75 Å². The summed E-state index contributed by atoms with van der Waals surface area (Å²) in [5, 5.41) is 1.24. The van der Waals surface area contributed by atoms with Crippen molar-refractivity contribution in [3.05, 3.63) is 60.3 Å². The molecule has 27 heavy (non-hydrogen) atoms. The van der Waals surface area contributed by atoms with Crippen molar-refractivity contribution in [2.24, 2.45) is 0 Å². The first kappa shape index (κ1) is 18.1. The summed E-state index contributed by atoms with van der Waals surface area (Å²) in [4.78, 5) is 3.65. The molecule has 3 aromatic rings. The fourth-order valence-electron chi connectivity index (χ4n) is 3.86. The van der Waals surface area contributed by atoms with Crippen LogP contribution in [0.1, 0.15) is 31.2 Å². The fourth-order valence-corrected chi connectivity index (χ4v) is 5.33. The van der Waals surface area contributed by atoms with E-state index in [-0.39, 0.29) is 0 Å². The zero-order valence-electron chi connectivity index (χ0n) is 15.4. The minimum atomic E-state index is -3.46. The van der Waals surface area contributed by atoms with Crippen LogP contribution in [0.15, 0.2) is 59.6 Å². The number of hydrogen-bond donors (Lipinski definition) is 1. The highest BCUT2D eigenvalue weighted by Crippen LogP contribution is 2.34. The van der Waals surface area contributed by atoms with Crippen LogP contribution in [0.2, 0.25) is 0 Å². The second-order valence-electron chi connectivity index (χ2n) is 6.87. The summed E-state index contributed by atoms with van der Waals surface area (Å²) in [5.74, 6) is 1.07. The van der Waals surface area contributed by atoms with E-state index in [1.807, 2.05) is 19.1 Å². The Kier molecular flexibility index (Phi) is 4.93. The van der Waals surface area contributed by atoms with Crippen LogP contribution >= 0.6 is 0 Å². The molecule has 142 valence electrons. The summed E-state index contributed by atoms with van der Waals surface area (Å²) in [5.41, 5.74) is 2.43. The number of nitrogens with zero attached hydrogens (tertiary/aromatic N) is 1. The van der Waals surface area contributed by atoms with Gasteiger partial charge in [0.15, 0.2) is 0 Å². The Morgan fingerprint density at radius 3 is 2.48 bits per heavy atom. The van der Waals surface area contributed by atoms with Gasteiger partial charge in [0, 0.05) is 30.2 Å². The molecule has 0 unspecified atom stereocenters. The zero-order valence-corrected chi connectivity index (χ0v) is 16.2. The monoisotopic (exact) mass is 384 g/mol. The van der Waals surface area contributed by atoms with E-state index < -0.39 is 10.0 Å². The SMILES string of the molecule is CCOc1ccc(S(=O)(=O)N2CCC(c3c[nH]c4ccccc34)CC2)cc1. The molecule has 1 fully saturated rings. The van der Waals surface area contributed by atoms with Gasteiger partial charge in [0.05, 0.1) is 11.5 Å². The van der Waals surface area contributed by atoms with Gasteiger partial charge in [-0.15, -0.1) is 0 Å². The Hall–Kier alpha value is -2.31. The number of H-pyrrole nitrogens is 1. The molecular formula is C21H24N2O3S. The molecule has 2 aromatic carbocycles. The molecular weight excluding hydrogens is 360 g/mol. The molecule has 1 aromatic heterocycles. The summed E-state index contributed by atoms with van der Waals surface area (Å²) in [6.07, 6.45) is 3.74. The van der Waals surface area contributed by atoms with Gasteiger partial charge in [-0.2, -0.15) is 4.31 Å². The van der Waals surface area contributed by atoms with Crippen molar-refractivity contribution < 1.29 is 13.2 Å². The molecule has 0 atom stereocenters. The van der Waals surface area contributed by atoms with Crippen LogP contribution in [-0.2, 0) is 10.0 Å². The number of ether oxygens (including phenoxy) is 1. The van der Waals surface area contributed by atoms with E-state index in [9.17, 15) is 8.42 Å². The number of para-hydroxylation sites is 1. The first-order valence-corrected chi connectivity index (χ1v) is 10.8. The van der Waals surface area contributed by atoms with Crippen LogP contribution in [0.25, 0.3) is 10.9 Å². The molecule has 1 N–H and O–H groups in total. The maximum atomic E-state index is 12.9. The molecule has 6 heteroatoms. The van der Waals surface area contributed by atoms with Gasteiger partial charge in [0.1, 0.15) is 5.75 Å². The molecule has 5 nitrogen and oxygen atoms in total. The highest BCUT2D eigenvalue weighted by Gasteiger charge is 2.30. The van der Waals surface area contributed by atoms with E-state index in [0.29, 0.717) is 36.3 Å². The molecule has 0 saturated carbocycles. The molecule has 4 rings (SSSR count). The Morgan fingerprint density at radius 2 is 1.78 bits per heavy atom. The molecule has 0 aliphatic carbocycles. The van der Waals surface area contributed by atoms with Gasteiger partial charge in [-0.1, -0.05) is 18.2 Å². The lowest BCUT2D eigenvalue weighted by Gasteiger charge is -2.31. The van der Waals surface area contributed by atoms with Gasteiger partial charge < -0.3 is 9.72 Å². The molecule has 1 aliphatic rings. The fraction of sp³-hybridized carbons (Fsp3) is 0.333. The van der Waals surface area contributed by atoms with Gasteiger partial charge in [0.2, 0.25) is 10.0 Å². The van der Waals surface area contributed by atoms with Crippen molar-refractivity contribution in [2.45, 2.75) is 30.6 Å². The molecule has 0 spiro atoms. The third kappa shape index (κ3) is 3.47. The van der Waals surface area contributed by atoms with E-state index in [4.69, 9.17) is 4.74 Å². The molecule has 0 bridgehead atoms. The number of aromatic amines is 1. The number of fused-ring (bicyclic) bond motifs is 1. The molecule has 1 saturated heterocycles. The van der Waals surface area contributed by atoms with Gasteiger partial charge in [-0.25, -0.2) is 8.42 Å². The van der Waals surface area contributed by atoms with E-state index in [0.717, 1.165) is 18.4 Å². The Balaban J connectivity index is 1.48. The van der Waals surface area contributed by atoms with Gasteiger partial charge >= 0.3 is 0 Å². The van der Waals surface area contributed by atoms with Crippen molar-refractivity contribution >= 4 is 20.9 Å². The lowest BCUT2D eigenvalue weighted by molar-refractivity contribution is 0.320. The standard InChI is InChI=1S/C21H24N2O3S/c1-2-26-17-7-9-18(10-8-17)27(24,25)23-13-11-16(12-14-23)20-15-22-21-6-4-3-5-19(20)21/h3-10,15-16,22H,2,11-14H2,1H3. The number of benzene rings is 2. The lowest BCUT2D eigenvalue weighted by Crippen LogP contribution is -2.37. The van der Waals surface area contributed by atoms with Gasteiger partial charge in [-0.05, 0) is 61.6 Å². The molecule has 0 amide bonds. The van der Waals surface area contributed by atoms with Crippen molar-refractivity contribution in [2.75, 3.05) is 19.7 Å². The average molecular weight is 385 g/mol. The number of sulfonamides is 1. The lowest BCUT2D eigenvalue weighted by atomic mass is 9.90. The van der Waals surface area contributed by atoms with Crippen LogP contribution in [0.3, 0.4) is 0 Å². The van der Waals surface area contributed by atoms with Gasteiger partial charge in [-0.3, -0.25) is 0 Å². The summed E-state index contributed by atoms with van der Waals surface area (Å²) in [7, 11) is -3.46. The maximum absolute atomic E-state index is 12.9. The molecule has 2 heterocycles. The smallest absolute Gasteiger partial charge is 0.243 e. The number of piperidine rings is 1. The van der Waals surface area contributed by atoms with Crippen LogP contribution in [-0.4, -0.2) is 37.4 Å². The number of nitrogens with one attached hydrogen (secondary N) is 1. The van der Waals surface area contributed by atoms with E-state index >= 15 is 0 Å². The highest BCUT2D eigenvalue weighted by atomic mass is 32.2. The first-order valence-electron chi connectivity index (χ1n) is 9.38. The maximum Gasteiger partial charge on any atom is 0.243 e. The Labute approximate surface area is 160 Å². The van der Waals surface area contributed by atoms with E-state index in [1.165, 1.54) is 10.9 Å². The minimum Gasteiger partial charge on any atom is -0.494 e. The number of aromatic nitrogens is 1. The number of hydrogen-bond acceptors (Lipinski definition) is 3. The first-order chi connectivity index (χ1) is 13.1. The average Bonchev–Trinajstić information content (AvgIpc) is 3.13. The summed E-state index contributed by atoms with van der Waals surface area (Å²) >= 11 is 0. The van der Waals surface area contributed by atoms with Crippen molar-refractivity contribution in [3.8, 4) is 5.75 Å². The molecule has 0 radical (unpaired) electrons. The van der Waals surface area contributed by atoms with E-state index in [1.54, 1.807) is 28.6 Å². The number of rotatable bonds is 5. The third-order valence-corrected chi connectivity index (χ3v) is 7.20. The van der Waals surface area contributed by atoms with E-state index in [2.05, 4.69) is 23.3 Å². The Morgan fingerprint density at radius 1 is 1.07 bits per heavy atom. The highest BCUT2D eigenvalue weighted by molar-refractivity contribution is 7.89. The summed E-state index contributed by atoms with van der Waals surface area (Å²) < 4.78 is 32.9. The van der Waals surface area contributed by atoms with Crippen molar-refractivity contribution in [1.82, 2.24) is 9.29 Å². The van der Waals surface area contributed by atoms with Gasteiger partial charge in [0.25, 0.3) is 0 Å². The Bertz CT molecular complexity index is 1020. The van der Waals surface area contributed by atoms with Crippen LogP contribution in [0, 0.1) is 0 Å². The van der Waals surface area contributed by atoms with Crippen molar-refractivity contribution in [1.29, 1.82) is 0 Å². The predicted octanol–water partition coefficient (Wildman–Crippen LogP) is 4.13. The third-order valence-electron chi connectivity index (χ3n) is 5.29. The summed E-state index contributed by atoms with van der Waals surface area (Å²) in [6.45, 7) is 3.55. The largest absolute Gasteiger partial charge is 0.494 e. The van der Waals surface area contributed by atoms with Crippen LogP contribution in [0.4, 0.5) is 0 Å². The quantitative estimate of drug-likeness (QED) is 0.719. The second kappa shape index (κ2) is 7.37. The molecule has 1 aliphatic heterocycles. The summed E-state index contributed by atoms with van der Waals surface area (Å²) in [6, 6.07) is 15.0. The topological polar surface area (TPSA) is 62.4 Å². The van der Waals surface area contributed by atoms with Crippen LogP contribution < -0.4 is 4.74 Å². The predicted molar refractivity (Wildman–Crippen MR) is 107 cm³/mol. The second-order valence-corrected chi connectivity index (χ2v) is 8.81. The van der Waals surface area contributed by atoms with Crippen molar-refractivity contribution in [3.63, 3.8) is 0 Å². The minimum absolute atomic E-state index is 0.330.